The molecular formula is C28H26O5. The van der Waals surface area contributed by atoms with Crippen molar-refractivity contribution in [3.05, 3.63) is 101 Å². The summed E-state index contributed by atoms with van der Waals surface area (Å²) in [7, 11) is 1.61. The average molecular weight is 443 g/mol. The van der Waals surface area contributed by atoms with Gasteiger partial charge in [-0.2, -0.15) is 0 Å². The number of esters is 2. The first-order valence-electron chi connectivity index (χ1n) is 11.0. The van der Waals surface area contributed by atoms with Gasteiger partial charge in [0.25, 0.3) is 0 Å². The molecule has 0 saturated carbocycles. The average Bonchev–Trinajstić information content (AvgIpc) is 3.17. The third-order valence-electron chi connectivity index (χ3n) is 5.83. The second kappa shape index (κ2) is 9.33. The number of methoxy groups -OCH3 is 1. The lowest BCUT2D eigenvalue weighted by Crippen LogP contribution is -2.46. The van der Waals surface area contributed by atoms with Crippen molar-refractivity contribution in [3.8, 4) is 5.75 Å². The van der Waals surface area contributed by atoms with Gasteiger partial charge in [0.15, 0.2) is 0 Å². The highest BCUT2D eigenvalue weighted by Crippen LogP contribution is 2.54. The van der Waals surface area contributed by atoms with E-state index < -0.39 is 17.4 Å². The second-order valence-corrected chi connectivity index (χ2v) is 7.58. The lowest BCUT2D eigenvalue weighted by molar-refractivity contribution is -0.161. The van der Waals surface area contributed by atoms with E-state index >= 15 is 0 Å². The lowest BCUT2D eigenvalue weighted by atomic mass is 9.74. The summed E-state index contributed by atoms with van der Waals surface area (Å²) in [6.07, 6.45) is 0. The van der Waals surface area contributed by atoms with E-state index in [2.05, 4.69) is 0 Å². The molecule has 0 unspecified atom stereocenters. The minimum Gasteiger partial charge on any atom is -0.497 e. The summed E-state index contributed by atoms with van der Waals surface area (Å²) in [5, 5.41) is 0. The van der Waals surface area contributed by atoms with E-state index in [9.17, 15) is 9.59 Å². The molecule has 4 rings (SSSR count). The zero-order chi connectivity index (χ0) is 23.4. The van der Waals surface area contributed by atoms with Crippen molar-refractivity contribution in [2.24, 2.45) is 0 Å². The highest BCUT2D eigenvalue weighted by atomic mass is 16.6. The Kier molecular flexibility index (Phi) is 6.31. The van der Waals surface area contributed by atoms with E-state index in [1.807, 2.05) is 78.9 Å². The standard InChI is InChI=1S/C28H26O5/c1-4-32-26(29)28(27(30)33-5-2)23-14-10-9-13-22(23)24(19-15-17-21(31-3)18-16-19)25(28)20-11-7-6-8-12-20/h6-18H,4-5H2,1-3H3. The fourth-order valence-electron chi connectivity index (χ4n) is 4.49. The van der Waals surface area contributed by atoms with Crippen LogP contribution in [0.5, 0.6) is 5.75 Å². The largest absolute Gasteiger partial charge is 0.497 e. The molecule has 33 heavy (non-hydrogen) atoms. The molecule has 0 aromatic heterocycles. The molecule has 5 heteroatoms. The van der Waals surface area contributed by atoms with E-state index in [0.717, 1.165) is 22.3 Å². The van der Waals surface area contributed by atoms with Gasteiger partial charge in [-0.15, -0.1) is 0 Å². The molecule has 0 heterocycles. The van der Waals surface area contributed by atoms with Crippen molar-refractivity contribution < 1.29 is 23.8 Å². The summed E-state index contributed by atoms with van der Waals surface area (Å²) < 4.78 is 16.4. The monoisotopic (exact) mass is 442 g/mol. The Hall–Kier alpha value is -3.86. The molecule has 0 amide bonds. The van der Waals surface area contributed by atoms with Gasteiger partial charge >= 0.3 is 11.9 Å². The fourth-order valence-corrected chi connectivity index (χ4v) is 4.49. The van der Waals surface area contributed by atoms with Crippen LogP contribution in [0.25, 0.3) is 11.1 Å². The van der Waals surface area contributed by atoms with E-state index in [0.29, 0.717) is 16.9 Å². The van der Waals surface area contributed by atoms with Crippen molar-refractivity contribution in [2.75, 3.05) is 20.3 Å². The van der Waals surface area contributed by atoms with Crippen LogP contribution in [0, 0.1) is 0 Å². The minimum absolute atomic E-state index is 0.141. The van der Waals surface area contributed by atoms with Crippen LogP contribution in [0.3, 0.4) is 0 Å². The summed E-state index contributed by atoms with van der Waals surface area (Å²) >= 11 is 0. The van der Waals surface area contributed by atoms with Crippen LogP contribution >= 0.6 is 0 Å². The zero-order valence-corrected chi connectivity index (χ0v) is 19.0. The summed E-state index contributed by atoms with van der Waals surface area (Å²) in [4.78, 5) is 27.5. The molecule has 5 nitrogen and oxygen atoms in total. The second-order valence-electron chi connectivity index (χ2n) is 7.58. The number of carbonyl (C=O) groups is 2. The van der Waals surface area contributed by atoms with Crippen molar-refractivity contribution >= 4 is 23.1 Å². The third kappa shape index (κ3) is 3.59. The fraction of sp³-hybridized carbons (Fsp3) is 0.214. The molecule has 0 aliphatic heterocycles. The lowest BCUT2D eigenvalue weighted by Gasteiger charge is -2.29. The molecule has 1 aliphatic carbocycles. The Morgan fingerprint density at radius 2 is 1.30 bits per heavy atom. The number of hydrogen-bond acceptors (Lipinski definition) is 5. The zero-order valence-electron chi connectivity index (χ0n) is 19.0. The topological polar surface area (TPSA) is 61.8 Å². The molecule has 0 spiro atoms. The molecule has 0 fully saturated rings. The summed E-state index contributed by atoms with van der Waals surface area (Å²) in [6, 6.07) is 24.5. The van der Waals surface area contributed by atoms with Gasteiger partial charge in [-0.25, -0.2) is 0 Å². The molecule has 1 aliphatic rings. The van der Waals surface area contributed by atoms with Gasteiger partial charge in [0.05, 0.1) is 20.3 Å². The van der Waals surface area contributed by atoms with Gasteiger partial charge in [-0.3, -0.25) is 9.59 Å². The smallest absolute Gasteiger partial charge is 0.332 e. The third-order valence-corrected chi connectivity index (χ3v) is 5.83. The Labute approximate surface area is 193 Å². The van der Waals surface area contributed by atoms with Crippen LogP contribution in [-0.4, -0.2) is 32.3 Å². The van der Waals surface area contributed by atoms with Crippen LogP contribution in [-0.2, 0) is 24.5 Å². The Morgan fingerprint density at radius 1 is 0.727 bits per heavy atom. The van der Waals surface area contributed by atoms with E-state index in [1.54, 1.807) is 21.0 Å². The quantitative estimate of drug-likeness (QED) is 0.379. The molecule has 0 radical (unpaired) electrons. The number of rotatable bonds is 7. The van der Waals surface area contributed by atoms with Gasteiger partial charge in [-0.05, 0) is 53.8 Å². The van der Waals surface area contributed by atoms with Gasteiger partial charge in [0.2, 0.25) is 5.41 Å². The Bertz CT molecular complexity index is 1170. The predicted molar refractivity (Wildman–Crippen MR) is 127 cm³/mol. The van der Waals surface area contributed by atoms with Gasteiger partial charge in [0, 0.05) is 5.57 Å². The van der Waals surface area contributed by atoms with E-state index in [-0.39, 0.29) is 13.2 Å². The van der Waals surface area contributed by atoms with Crippen molar-refractivity contribution in [1.29, 1.82) is 0 Å². The van der Waals surface area contributed by atoms with E-state index in [4.69, 9.17) is 14.2 Å². The normalized spacial score (nSPS) is 13.9. The van der Waals surface area contributed by atoms with Crippen molar-refractivity contribution in [3.63, 3.8) is 0 Å². The first-order chi connectivity index (χ1) is 16.1. The summed E-state index contributed by atoms with van der Waals surface area (Å²) in [5.74, 6) is -0.564. The number of fused-ring (bicyclic) bond motifs is 1. The number of benzene rings is 3. The van der Waals surface area contributed by atoms with E-state index in [1.165, 1.54) is 0 Å². The molecule has 0 atom stereocenters. The maximum Gasteiger partial charge on any atom is 0.332 e. The van der Waals surface area contributed by atoms with Gasteiger partial charge < -0.3 is 14.2 Å². The highest BCUT2D eigenvalue weighted by Gasteiger charge is 2.59. The van der Waals surface area contributed by atoms with Crippen molar-refractivity contribution in [1.82, 2.24) is 0 Å². The van der Waals surface area contributed by atoms with Gasteiger partial charge in [0.1, 0.15) is 5.75 Å². The van der Waals surface area contributed by atoms with Crippen LogP contribution in [0.15, 0.2) is 78.9 Å². The van der Waals surface area contributed by atoms with Crippen LogP contribution in [0.2, 0.25) is 0 Å². The molecule has 0 saturated heterocycles. The van der Waals surface area contributed by atoms with Crippen LogP contribution in [0.1, 0.15) is 36.1 Å². The molecular weight excluding hydrogens is 416 g/mol. The molecule has 0 bridgehead atoms. The predicted octanol–water partition coefficient (Wildman–Crippen LogP) is 5.03. The van der Waals surface area contributed by atoms with Crippen LogP contribution in [0.4, 0.5) is 0 Å². The van der Waals surface area contributed by atoms with Gasteiger partial charge in [-0.1, -0.05) is 66.7 Å². The Morgan fingerprint density at radius 3 is 1.88 bits per heavy atom. The SMILES string of the molecule is CCOC(=O)C1(C(=O)OCC)C(c2ccccc2)=C(c2ccc(OC)cc2)c2ccccc21. The number of hydrogen-bond donors (Lipinski definition) is 0. The minimum atomic E-state index is -1.74. The molecule has 3 aromatic rings. The maximum absolute atomic E-state index is 13.7. The molecule has 3 aromatic carbocycles. The first kappa shape index (κ1) is 22.3. The highest BCUT2D eigenvalue weighted by molar-refractivity contribution is 6.27. The first-order valence-corrected chi connectivity index (χ1v) is 11.0. The molecule has 0 N–H and O–H groups in total. The maximum atomic E-state index is 13.7. The number of ether oxygens (including phenoxy) is 3. The summed E-state index contributed by atoms with van der Waals surface area (Å²) in [6.45, 7) is 3.74. The number of carbonyl (C=O) groups excluding carboxylic acids is 2. The Balaban J connectivity index is 2.14. The van der Waals surface area contributed by atoms with Crippen LogP contribution < -0.4 is 4.74 Å². The van der Waals surface area contributed by atoms with Crippen molar-refractivity contribution in [2.45, 2.75) is 19.3 Å². The molecule has 168 valence electrons. The summed E-state index contributed by atoms with van der Waals surface area (Å²) in [5.41, 5.74) is 2.58.